The quantitative estimate of drug-likeness (QED) is 0.787. The first kappa shape index (κ1) is 12.5. The third-order valence-corrected chi connectivity index (χ3v) is 2.89. The number of carboxylic acid groups (broad SMARTS) is 1. The molecule has 0 spiro atoms. The summed E-state index contributed by atoms with van der Waals surface area (Å²) >= 11 is 0. The maximum Gasteiger partial charge on any atom is 0.310 e. The molecule has 1 rings (SSSR count). The minimum atomic E-state index is -0.748. The van der Waals surface area contributed by atoms with Crippen molar-refractivity contribution < 1.29 is 9.90 Å². The third-order valence-electron chi connectivity index (χ3n) is 2.89. The summed E-state index contributed by atoms with van der Waals surface area (Å²) in [6.07, 6.45) is 0.563. The molecule has 1 N–H and O–H groups in total. The van der Waals surface area contributed by atoms with Crippen LogP contribution in [0.2, 0.25) is 0 Å². The number of hydrogen-bond acceptors (Lipinski definition) is 1. The largest absolute Gasteiger partial charge is 0.481 e. The number of hydrogen-bond donors (Lipinski definition) is 1. The topological polar surface area (TPSA) is 37.3 Å². The SMILES string of the molecule is CC(C)=C(C)C(Cc1ccccc1)C(=O)O. The Morgan fingerprint density at radius 2 is 1.75 bits per heavy atom. The summed E-state index contributed by atoms with van der Waals surface area (Å²) in [6.45, 7) is 5.81. The average Bonchev–Trinajstić information content (AvgIpc) is 2.26. The molecule has 0 heterocycles. The van der Waals surface area contributed by atoms with Gasteiger partial charge in [0.15, 0.2) is 0 Å². The Kier molecular flexibility index (Phi) is 4.29. The second kappa shape index (κ2) is 5.50. The molecule has 0 aliphatic heterocycles. The summed E-state index contributed by atoms with van der Waals surface area (Å²) in [5.74, 6) is -1.16. The Labute approximate surface area is 96.6 Å². The van der Waals surface area contributed by atoms with Crippen molar-refractivity contribution >= 4 is 5.97 Å². The first-order chi connectivity index (χ1) is 7.52. The first-order valence-corrected chi connectivity index (χ1v) is 5.43. The number of carboxylic acids is 1. The number of benzene rings is 1. The van der Waals surface area contributed by atoms with E-state index >= 15 is 0 Å². The third kappa shape index (κ3) is 3.23. The van der Waals surface area contributed by atoms with E-state index in [0.29, 0.717) is 6.42 Å². The number of aliphatic carboxylic acids is 1. The lowest BCUT2D eigenvalue weighted by molar-refractivity contribution is -0.140. The molecule has 0 bridgehead atoms. The molecule has 0 aromatic heterocycles. The summed E-state index contributed by atoms with van der Waals surface area (Å²) < 4.78 is 0. The van der Waals surface area contributed by atoms with Crippen molar-refractivity contribution in [3.05, 3.63) is 47.0 Å². The fourth-order valence-electron chi connectivity index (χ4n) is 1.62. The van der Waals surface area contributed by atoms with Crippen LogP contribution in [0.15, 0.2) is 41.5 Å². The van der Waals surface area contributed by atoms with Gasteiger partial charge in [0.05, 0.1) is 5.92 Å². The van der Waals surface area contributed by atoms with Gasteiger partial charge in [-0.05, 0) is 32.8 Å². The van der Waals surface area contributed by atoms with E-state index < -0.39 is 11.9 Å². The van der Waals surface area contributed by atoms with Gasteiger partial charge in [0.1, 0.15) is 0 Å². The van der Waals surface area contributed by atoms with Gasteiger partial charge >= 0.3 is 5.97 Å². The summed E-state index contributed by atoms with van der Waals surface area (Å²) in [7, 11) is 0. The minimum absolute atomic E-state index is 0.410. The molecular formula is C14H18O2. The fraction of sp³-hybridized carbons (Fsp3) is 0.357. The lowest BCUT2D eigenvalue weighted by Gasteiger charge is -2.14. The van der Waals surface area contributed by atoms with Crippen LogP contribution in [0.25, 0.3) is 0 Å². The van der Waals surface area contributed by atoms with Crippen LogP contribution in [0, 0.1) is 5.92 Å². The van der Waals surface area contributed by atoms with Gasteiger partial charge in [-0.3, -0.25) is 4.79 Å². The molecule has 0 saturated carbocycles. The van der Waals surface area contributed by atoms with Gasteiger partial charge in [-0.25, -0.2) is 0 Å². The van der Waals surface area contributed by atoms with Gasteiger partial charge in [-0.2, -0.15) is 0 Å². The summed E-state index contributed by atoms with van der Waals surface area (Å²) in [4.78, 5) is 11.2. The highest BCUT2D eigenvalue weighted by Gasteiger charge is 2.20. The zero-order valence-corrected chi connectivity index (χ0v) is 10.0. The summed E-state index contributed by atoms with van der Waals surface area (Å²) in [6, 6.07) is 9.74. The second-order valence-corrected chi connectivity index (χ2v) is 4.26. The second-order valence-electron chi connectivity index (χ2n) is 4.26. The van der Waals surface area contributed by atoms with Crippen LogP contribution in [-0.4, -0.2) is 11.1 Å². The van der Waals surface area contributed by atoms with E-state index in [2.05, 4.69) is 0 Å². The van der Waals surface area contributed by atoms with Gasteiger partial charge in [-0.1, -0.05) is 41.5 Å². The minimum Gasteiger partial charge on any atom is -0.481 e. The molecule has 0 amide bonds. The average molecular weight is 218 g/mol. The molecule has 16 heavy (non-hydrogen) atoms. The van der Waals surface area contributed by atoms with Crippen LogP contribution in [0.3, 0.4) is 0 Å². The van der Waals surface area contributed by atoms with Crippen LogP contribution >= 0.6 is 0 Å². The highest BCUT2D eigenvalue weighted by Crippen LogP contribution is 2.20. The van der Waals surface area contributed by atoms with Crippen molar-refractivity contribution in [2.75, 3.05) is 0 Å². The molecule has 1 aromatic rings. The Morgan fingerprint density at radius 1 is 1.19 bits per heavy atom. The van der Waals surface area contributed by atoms with Crippen molar-refractivity contribution in [2.24, 2.45) is 5.92 Å². The maximum absolute atomic E-state index is 11.2. The first-order valence-electron chi connectivity index (χ1n) is 5.43. The van der Waals surface area contributed by atoms with E-state index in [4.69, 9.17) is 0 Å². The lowest BCUT2D eigenvalue weighted by Crippen LogP contribution is -2.18. The molecule has 1 aromatic carbocycles. The van der Waals surface area contributed by atoms with Gasteiger partial charge in [0, 0.05) is 0 Å². The van der Waals surface area contributed by atoms with Crippen molar-refractivity contribution in [3.8, 4) is 0 Å². The van der Waals surface area contributed by atoms with Crippen LogP contribution in [0.1, 0.15) is 26.3 Å². The highest BCUT2D eigenvalue weighted by molar-refractivity contribution is 5.74. The van der Waals surface area contributed by atoms with Crippen LogP contribution in [0.5, 0.6) is 0 Å². The monoisotopic (exact) mass is 218 g/mol. The Balaban J connectivity index is 2.90. The summed E-state index contributed by atoms with van der Waals surface area (Å²) in [5.41, 5.74) is 3.11. The molecule has 0 fully saturated rings. The molecule has 0 aliphatic carbocycles. The van der Waals surface area contributed by atoms with Crippen molar-refractivity contribution in [1.29, 1.82) is 0 Å². The molecule has 0 radical (unpaired) electrons. The van der Waals surface area contributed by atoms with Gasteiger partial charge in [0.25, 0.3) is 0 Å². The summed E-state index contributed by atoms with van der Waals surface area (Å²) in [5, 5.41) is 9.22. The van der Waals surface area contributed by atoms with E-state index in [1.807, 2.05) is 51.1 Å². The van der Waals surface area contributed by atoms with Crippen LogP contribution < -0.4 is 0 Å². The van der Waals surface area contributed by atoms with Gasteiger partial charge < -0.3 is 5.11 Å². The number of carbonyl (C=O) groups is 1. The van der Waals surface area contributed by atoms with E-state index in [0.717, 1.165) is 16.7 Å². The molecule has 1 unspecified atom stereocenters. The molecular weight excluding hydrogens is 200 g/mol. The normalized spacial score (nSPS) is 11.9. The molecule has 2 heteroatoms. The Hall–Kier alpha value is -1.57. The maximum atomic E-state index is 11.2. The molecule has 1 atom stereocenters. The smallest absolute Gasteiger partial charge is 0.310 e. The van der Waals surface area contributed by atoms with Crippen LogP contribution in [-0.2, 0) is 11.2 Å². The fourth-order valence-corrected chi connectivity index (χ4v) is 1.62. The van der Waals surface area contributed by atoms with Gasteiger partial charge in [0.2, 0.25) is 0 Å². The van der Waals surface area contributed by atoms with E-state index in [1.165, 1.54) is 0 Å². The zero-order valence-electron chi connectivity index (χ0n) is 10.0. The van der Waals surface area contributed by atoms with E-state index in [1.54, 1.807) is 0 Å². The zero-order chi connectivity index (χ0) is 12.1. The Morgan fingerprint density at radius 3 is 2.19 bits per heavy atom. The standard InChI is InChI=1S/C14H18O2/c1-10(2)11(3)13(14(15)16)9-12-7-5-4-6-8-12/h4-8,13H,9H2,1-3H3,(H,15,16). The Bertz CT molecular complexity index is 386. The predicted molar refractivity (Wildman–Crippen MR) is 65.3 cm³/mol. The number of allylic oxidation sites excluding steroid dienone is 1. The van der Waals surface area contributed by atoms with Crippen molar-refractivity contribution in [2.45, 2.75) is 27.2 Å². The van der Waals surface area contributed by atoms with E-state index in [9.17, 15) is 9.90 Å². The van der Waals surface area contributed by atoms with Gasteiger partial charge in [-0.15, -0.1) is 0 Å². The molecule has 86 valence electrons. The highest BCUT2D eigenvalue weighted by atomic mass is 16.4. The molecule has 0 saturated heterocycles. The number of rotatable bonds is 4. The van der Waals surface area contributed by atoms with Crippen molar-refractivity contribution in [3.63, 3.8) is 0 Å². The van der Waals surface area contributed by atoms with Crippen LogP contribution in [0.4, 0.5) is 0 Å². The molecule has 0 aliphatic rings. The van der Waals surface area contributed by atoms with E-state index in [-0.39, 0.29) is 0 Å². The lowest BCUT2D eigenvalue weighted by atomic mass is 9.90. The molecule has 2 nitrogen and oxygen atoms in total. The van der Waals surface area contributed by atoms with Crippen molar-refractivity contribution in [1.82, 2.24) is 0 Å². The predicted octanol–water partition coefficient (Wildman–Crippen LogP) is 3.29.